The van der Waals surface area contributed by atoms with E-state index in [0.29, 0.717) is 17.0 Å². The van der Waals surface area contributed by atoms with Crippen LogP contribution in [0.15, 0.2) is 24.3 Å². The lowest BCUT2D eigenvalue weighted by Gasteiger charge is -2.14. The van der Waals surface area contributed by atoms with E-state index in [1.54, 1.807) is 12.1 Å². The molecule has 0 spiro atoms. The number of hydrogen-bond donors (Lipinski definition) is 4. The predicted molar refractivity (Wildman–Crippen MR) is 110 cm³/mol. The lowest BCUT2D eigenvalue weighted by atomic mass is 10.1. The van der Waals surface area contributed by atoms with Crippen molar-refractivity contribution in [2.75, 3.05) is 6.61 Å². The van der Waals surface area contributed by atoms with Crippen LogP contribution in [0.1, 0.15) is 62.7 Å². The van der Waals surface area contributed by atoms with Crippen molar-refractivity contribution in [1.82, 2.24) is 5.32 Å². The Hall–Kier alpha value is -1.80. The molecule has 1 aromatic rings. The normalized spacial score (nSPS) is 12.3. The molecule has 1 amide bonds. The smallest absolute Gasteiger partial charge is 0.494 e. The van der Waals surface area contributed by atoms with Crippen molar-refractivity contribution in [2.24, 2.45) is 5.73 Å². The molecule has 0 saturated heterocycles. The van der Waals surface area contributed by atoms with Crippen LogP contribution in [0.4, 0.5) is 4.79 Å². The van der Waals surface area contributed by atoms with Gasteiger partial charge in [0.2, 0.25) is 0 Å². The summed E-state index contributed by atoms with van der Waals surface area (Å²) in [6.07, 6.45) is 3.99. The predicted octanol–water partition coefficient (Wildman–Crippen LogP) is 4.45. The SMILES string of the molecule is CCCCC(N)NC(=O)c1cccc(OCCC(Br)CCC)c1.O=C(O)O. The Morgan fingerprint density at radius 2 is 1.85 bits per heavy atom. The number of carbonyl (C=O) groups is 2. The molecule has 2 atom stereocenters. The average Bonchev–Trinajstić information content (AvgIpc) is 2.60. The number of carbonyl (C=O) groups excluding carboxylic acids is 1. The minimum absolute atomic E-state index is 0.150. The van der Waals surface area contributed by atoms with Gasteiger partial charge in [0.15, 0.2) is 0 Å². The Labute approximate surface area is 169 Å². The maximum atomic E-state index is 12.2. The maximum Gasteiger partial charge on any atom is 0.503 e. The van der Waals surface area contributed by atoms with Gasteiger partial charge in [-0.15, -0.1) is 0 Å². The molecule has 0 bridgehead atoms. The number of nitrogens with one attached hydrogen (secondary N) is 1. The molecule has 8 heteroatoms. The number of unbranched alkanes of at least 4 members (excludes halogenated alkanes) is 1. The van der Waals surface area contributed by atoms with E-state index in [9.17, 15) is 4.79 Å². The van der Waals surface area contributed by atoms with Crippen LogP contribution in [0.5, 0.6) is 5.75 Å². The molecule has 27 heavy (non-hydrogen) atoms. The third-order valence-electron chi connectivity index (χ3n) is 3.58. The van der Waals surface area contributed by atoms with Gasteiger partial charge in [-0.1, -0.05) is 55.1 Å². The lowest BCUT2D eigenvalue weighted by Crippen LogP contribution is -2.41. The number of amides is 1. The van der Waals surface area contributed by atoms with Crippen molar-refractivity contribution in [3.8, 4) is 5.75 Å². The van der Waals surface area contributed by atoms with Crippen molar-refractivity contribution >= 4 is 28.0 Å². The third-order valence-corrected chi connectivity index (χ3v) is 4.50. The molecular weight excluding hydrogens is 416 g/mol. The van der Waals surface area contributed by atoms with E-state index in [0.717, 1.165) is 44.3 Å². The summed E-state index contributed by atoms with van der Waals surface area (Å²) < 4.78 is 5.74. The van der Waals surface area contributed by atoms with E-state index in [1.807, 2.05) is 12.1 Å². The standard InChI is InChI=1S/C18H29BrN2O2.CH2O3/c1-3-5-10-17(20)21-18(22)14-8-6-9-16(13-14)23-12-11-15(19)7-4-2;2-1(3)4/h6,8-9,13,15,17H,3-5,7,10-12,20H2,1-2H3,(H,21,22);(H2,2,3,4). The van der Waals surface area contributed by atoms with Crippen molar-refractivity contribution in [3.05, 3.63) is 29.8 Å². The summed E-state index contributed by atoms with van der Waals surface area (Å²) in [5.74, 6) is 0.569. The van der Waals surface area contributed by atoms with Gasteiger partial charge < -0.3 is 26.0 Å². The second kappa shape index (κ2) is 15.3. The van der Waals surface area contributed by atoms with Crippen LogP contribution in [0.3, 0.4) is 0 Å². The molecule has 1 rings (SSSR count). The first-order valence-electron chi connectivity index (χ1n) is 9.15. The van der Waals surface area contributed by atoms with Gasteiger partial charge in [-0.2, -0.15) is 0 Å². The second-order valence-electron chi connectivity index (χ2n) is 6.06. The molecule has 0 heterocycles. The van der Waals surface area contributed by atoms with E-state index in [2.05, 4.69) is 35.1 Å². The minimum Gasteiger partial charge on any atom is -0.494 e. The van der Waals surface area contributed by atoms with Crippen molar-refractivity contribution in [2.45, 2.75) is 63.4 Å². The first kappa shape index (κ1) is 25.2. The van der Waals surface area contributed by atoms with Gasteiger partial charge in [0.1, 0.15) is 5.75 Å². The number of alkyl halides is 1. The molecule has 1 aromatic carbocycles. The quantitative estimate of drug-likeness (QED) is 0.294. The Balaban J connectivity index is 0.00000153. The highest BCUT2D eigenvalue weighted by Crippen LogP contribution is 2.16. The van der Waals surface area contributed by atoms with E-state index in [-0.39, 0.29) is 12.1 Å². The monoisotopic (exact) mass is 446 g/mol. The summed E-state index contributed by atoms with van der Waals surface area (Å²) in [5.41, 5.74) is 6.49. The summed E-state index contributed by atoms with van der Waals surface area (Å²) in [6, 6.07) is 7.25. The Morgan fingerprint density at radius 1 is 1.19 bits per heavy atom. The molecule has 154 valence electrons. The zero-order valence-corrected chi connectivity index (χ0v) is 17.6. The fourth-order valence-corrected chi connectivity index (χ4v) is 2.88. The molecule has 7 nitrogen and oxygen atoms in total. The molecule has 0 radical (unpaired) electrons. The summed E-state index contributed by atoms with van der Waals surface area (Å²) in [6.45, 7) is 4.91. The molecule has 0 aromatic heterocycles. The maximum absolute atomic E-state index is 12.2. The Kier molecular flexibility index (Phi) is 14.3. The lowest BCUT2D eigenvalue weighted by molar-refractivity contribution is 0.0935. The van der Waals surface area contributed by atoms with E-state index >= 15 is 0 Å². The summed E-state index contributed by atoms with van der Waals surface area (Å²) in [5, 5.41) is 16.8. The molecule has 5 N–H and O–H groups in total. The zero-order valence-electron chi connectivity index (χ0n) is 16.0. The van der Waals surface area contributed by atoms with Crippen LogP contribution < -0.4 is 15.8 Å². The Bertz CT molecular complexity index is 553. The molecule has 0 aliphatic carbocycles. The first-order valence-corrected chi connectivity index (χ1v) is 10.1. The molecule has 0 aliphatic rings. The Morgan fingerprint density at radius 3 is 2.44 bits per heavy atom. The number of hydrogen-bond acceptors (Lipinski definition) is 4. The van der Waals surface area contributed by atoms with Gasteiger partial charge in [0.25, 0.3) is 5.91 Å². The summed E-state index contributed by atoms with van der Waals surface area (Å²) in [7, 11) is 0. The molecule has 2 unspecified atom stereocenters. The fourth-order valence-electron chi connectivity index (χ4n) is 2.24. The van der Waals surface area contributed by atoms with Crippen LogP contribution in [-0.4, -0.2) is 39.9 Å². The minimum atomic E-state index is -1.83. The van der Waals surface area contributed by atoms with Crippen LogP contribution in [0.2, 0.25) is 0 Å². The van der Waals surface area contributed by atoms with E-state index < -0.39 is 6.16 Å². The van der Waals surface area contributed by atoms with Gasteiger partial charge in [-0.3, -0.25) is 4.79 Å². The van der Waals surface area contributed by atoms with E-state index in [1.165, 1.54) is 0 Å². The summed E-state index contributed by atoms with van der Waals surface area (Å²) in [4.78, 5) is 21.2. The van der Waals surface area contributed by atoms with Crippen LogP contribution in [0.25, 0.3) is 0 Å². The number of rotatable bonds is 11. The molecule has 0 fully saturated rings. The number of nitrogens with two attached hydrogens (primary N) is 1. The summed E-state index contributed by atoms with van der Waals surface area (Å²) >= 11 is 3.64. The van der Waals surface area contributed by atoms with Gasteiger partial charge in [0, 0.05) is 10.4 Å². The number of carboxylic acid groups (broad SMARTS) is 2. The topological polar surface area (TPSA) is 122 Å². The molecule has 0 saturated carbocycles. The average molecular weight is 447 g/mol. The van der Waals surface area contributed by atoms with Crippen LogP contribution in [-0.2, 0) is 0 Å². The second-order valence-corrected chi connectivity index (χ2v) is 7.35. The number of halogens is 1. The first-order chi connectivity index (χ1) is 12.8. The van der Waals surface area contributed by atoms with Gasteiger partial charge in [-0.25, -0.2) is 4.79 Å². The molecular formula is C19H31BrN2O5. The van der Waals surface area contributed by atoms with E-state index in [4.69, 9.17) is 25.5 Å². The van der Waals surface area contributed by atoms with Crippen molar-refractivity contribution in [1.29, 1.82) is 0 Å². The van der Waals surface area contributed by atoms with Gasteiger partial charge in [-0.05, 0) is 37.5 Å². The molecule has 0 aliphatic heterocycles. The van der Waals surface area contributed by atoms with Gasteiger partial charge in [0.05, 0.1) is 12.8 Å². The van der Waals surface area contributed by atoms with Crippen molar-refractivity contribution in [3.63, 3.8) is 0 Å². The van der Waals surface area contributed by atoms with Crippen LogP contribution in [0, 0.1) is 0 Å². The highest BCUT2D eigenvalue weighted by molar-refractivity contribution is 9.09. The number of ether oxygens (including phenoxy) is 1. The van der Waals surface area contributed by atoms with Gasteiger partial charge >= 0.3 is 6.16 Å². The van der Waals surface area contributed by atoms with Crippen LogP contribution >= 0.6 is 15.9 Å². The highest BCUT2D eigenvalue weighted by atomic mass is 79.9. The highest BCUT2D eigenvalue weighted by Gasteiger charge is 2.11. The largest absolute Gasteiger partial charge is 0.503 e. The number of benzene rings is 1. The zero-order chi connectivity index (χ0) is 20.7. The fraction of sp³-hybridized carbons (Fsp3) is 0.579. The van der Waals surface area contributed by atoms with Crippen molar-refractivity contribution < 1.29 is 24.5 Å². The third kappa shape index (κ3) is 14.0.